The second-order valence-corrected chi connectivity index (χ2v) is 5.78. The lowest BCUT2D eigenvalue weighted by molar-refractivity contribution is -0.386. The van der Waals surface area contributed by atoms with Gasteiger partial charge in [-0.15, -0.1) is 0 Å². The van der Waals surface area contributed by atoms with E-state index < -0.39 is 41.6 Å². The maximum atomic E-state index is 12.5. The summed E-state index contributed by atoms with van der Waals surface area (Å²) in [6, 6.07) is 0.922. The second-order valence-electron chi connectivity index (χ2n) is 2.84. The van der Waals surface area contributed by atoms with Crippen LogP contribution < -0.4 is 0 Å². The molecule has 1 aromatic carbocycles. The molecule has 1 rings (SSSR count). The Balaban J connectivity index is 3.63. The Morgan fingerprint density at radius 1 is 1.35 bits per heavy atom. The van der Waals surface area contributed by atoms with Crippen molar-refractivity contribution < 1.29 is 22.1 Å². The normalized spacial score (nSPS) is 11.8. The molecule has 0 radical (unpaired) electrons. The highest BCUT2D eigenvalue weighted by Gasteiger charge is 2.27. The van der Waals surface area contributed by atoms with Gasteiger partial charge in [0.2, 0.25) is 0 Å². The van der Waals surface area contributed by atoms with Gasteiger partial charge in [0.25, 0.3) is 21.2 Å². The molecule has 0 fully saturated rings. The van der Waals surface area contributed by atoms with E-state index >= 15 is 0 Å². The summed E-state index contributed by atoms with van der Waals surface area (Å²) in [7, 11) is 0.609. The Morgan fingerprint density at radius 3 is 2.24 bits per heavy atom. The standard InChI is InChI=1S/C7H3Cl2F2NO4S/c8-4-1-3(7(10)11)5(12(13)14)2-6(4)17(9,15)16/h1-2,7H. The number of halogens is 4. The zero-order valence-electron chi connectivity index (χ0n) is 7.73. The molecule has 0 aliphatic carbocycles. The van der Waals surface area contributed by atoms with Crippen LogP contribution in [0, 0.1) is 10.1 Å². The first kappa shape index (κ1) is 14.1. The highest BCUT2D eigenvalue weighted by atomic mass is 35.7. The Labute approximate surface area is 104 Å². The van der Waals surface area contributed by atoms with Gasteiger partial charge in [-0.1, -0.05) is 11.6 Å². The lowest BCUT2D eigenvalue weighted by Gasteiger charge is -2.05. The summed E-state index contributed by atoms with van der Waals surface area (Å²) in [5.74, 6) is 0. The van der Waals surface area contributed by atoms with Crippen molar-refractivity contribution in [3.63, 3.8) is 0 Å². The van der Waals surface area contributed by atoms with Gasteiger partial charge < -0.3 is 0 Å². The van der Waals surface area contributed by atoms with Crippen LogP contribution in [-0.4, -0.2) is 13.3 Å². The van der Waals surface area contributed by atoms with Gasteiger partial charge >= 0.3 is 0 Å². The Bertz CT molecular complexity index is 575. The first-order chi connectivity index (χ1) is 7.64. The van der Waals surface area contributed by atoms with Crippen molar-refractivity contribution in [3.8, 4) is 0 Å². The Morgan fingerprint density at radius 2 is 1.88 bits per heavy atom. The molecule has 1 aromatic rings. The average molecular weight is 306 g/mol. The molecule has 0 unspecified atom stereocenters. The highest BCUT2D eigenvalue weighted by Crippen LogP contribution is 2.36. The summed E-state index contributed by atoms with van der Waals surface area (Å²) in [4.78, 5) is 8.59. The molecule has 0 spiro atoms. The SMILES string of the molecule is O=[N+]([O-])c1cc(S(=O)(=O)Cl)c(Cl)cc1C(F)F. The zero-order chi connectivity index (χ0) is 13.4. The van der Waals surface area contributed by atoms with Gasteiger partial charge in [0.1, 0.15) is 4.90 Å². The molecule has 0 aliphatic heterocycles. The zero-order valence-corrected chi connectivity index (χ0v) is 10.1. The summed E-state index contributed by atoms with van der Waals surface area (Å²) in [6.45, 7) is 0. The van der Waals surface area contributed by atoms with E-state index in [0.717, 1.165) is 0 Å². The summed E-state index contributed by atoms with van der Waals surface area (Å²) in [6.07, 6.45) is -3.15. The molecule has 0 saturated heterocycles. The van der Waals surface area contributed by atoms with Gasteiger partial charge in [0.15, 0.2) is 0 Å². The number of rotatable bonds is 3. The molecule has 94 valence electrons. The number of hydrogen-bond donors (Lipinski definition) is 0. The van der Waals surface area contributed by atoms with Crippen LogP contribution in [0.5, 0.6) is 0 Å². The summed E-state index contributed by atoms with van der Waals surface area (Å²) >= 11 is 5.42. The van der Waals surface area contributed by atoms with Gasteiger partial charge in [-0.05, 0) is 6.07 Å². The van der Waals surface area contributed by atoms with Crippen molar-refractivity contribution in [2.75, 3.05) is 0 Å². The quantitative estimate of drug-likeness (QED) is 0.488. The monoisotopic (exact) mass is 305 g/mol. The maximum absolute atomic E-state index is 12.5. The van der Waals surface area contributed by atoms with Crippen LogP contribution in [0.4, 0.5) is 14.5 Å². The molecule has 0 aliphatic rings. The van der Waals surface area contributed by atoms with Gasteiger partial charge in [-0.3, -0.25) is 10.1 Å². The molecule has 0 atom stereocenters. The van der Waals surface area contributed by atoms with Crippen molar-refractivity contribution in [1.82, 2.24) is 0 Å². The van der Waals surface area contributed by atoms with E-state index in [1.54, 1.807) is 0 Å². The molecule has 0 saturated carbocycles. The van der Waals surface area contributed by atoms with Gasteiger partial charge in [-0.2, -0.15) is 0 Å². The maximum Gasteiger partial charge on any atom is 0.279 e. The number of alkyl halides is 2. The molecular weight excluding hydrogens is 303 g/mol. The predicted molar refractivity (Wildman–Crippen MR) is 56.1 cm³/mol. The first-order valence-electron chi connectivity index (χ1n) is 3.85. The molecule has 10 heteroatoms. The fourth-order valence-corrected chi connectivity index (χ4v) is 2.60. The smallest absolute Gasteiger partial charge is 0.258 e. The lowest BCUT2D eigenvalue weighted by atomic mass is 10.2. The van der Waals surface area contributed by atoms with E-state index in [1.807, 2.05) is 0 Å². The van der Waals surface area contributed by atoms with Crippen LogP contribution in [-0.2, 0) is 9.05 Å². The fraction of sp³-hybridized carbons (Fsp3) is 0.143. The van der Waals surface area contributed by atoms with Crippen molar-refractivity contribution in [3.05, 3.63) is 32.8 Å². The number of nitrogens with zero attached hydrogens (tertiary/aromatic N) is 1. The minimum Gasteiger partial charge on any atom is -0.258 e. The first-order valence-corrected chi connectivity index (χ1v) is 6.54. The molecule has 5 nitrogen and oxygen atoms in total. The second kappa shape index (κ2) is 4.71. The molecular formula is C7H3Cl2F2NO4S. The Hall–Kier alpha value is -0.990. The third kappa shape index (κ3) is 3.02. The van der Waals surface area contributed by atoms with Crippen LogP contribution in [0.2, 0.25) is 5.02 Å². The average Bonchev–Trinajstić information content (AvgIpc) is 2.14. The van der Waals surface area contributed by atoms with E-state index in [-0.39, 0.29) is 0 Å². The van der Waals surface area contributed by atoms with E-state index in [2.05, 4.69) is 0 Å². The van der Waals surface area contributed by atoms with Crippen LogP contribution in [0.1, 0.15) is 12.0 Å². The van der Waals surface area contributed by atoms with E-state index in [4.69, 9.17) is 22.3 Å². The minimum absolute atomic E-state index is 0.409. The molecule has 0 N–H and O–H groups in total. The largest absolute Gasteiger partial charge is 0.279 e. The van der Waals surface area contributed by atoms with Crippen molar-refractivity contribution >= 4 is 37.0 Å². The summed E-state index contributed by atoms with van der Waals surface area (Å²) < 4.78 is 46.9. The van der Waals surface area contributed by atoms with E-state index in [1.165, 1.54) is 0 Å². The van der Waals surface area contributed by atoms with Crippen molar-refractivity contribution in [2.45, 2.75) is 11.3 Å². The molecule has 0 amide bonds. The van der Waals surface area contributed by atoms with E-state index in [0.29, 0.717) is 12.1 Å². The van der Waals surface area contributed by atoms with Crippen LogP contribution >= 0.6 is 22.3 Å². The Kier molecular flexibility index (Phi) is 3.90. The molecule has 0 aromatic heterocycles. The van der Waals surface area contributed by atoms with Gasteiger partial charge in [0.05, 0.1) is 15.5 Å². The van der Waals surface area contributed by atoms with Crippen LogP contribution in [0.15, 0.2) is 17.0 Å². The topological polar surface area (TPSA) is 77.3 Å². The predicted octanol–water partition coefficient (Wildman–Crippen LogP) is 3.11. The number of nitro groups is 1. The molecule has 0 heterocycles. The van der Waals surface area contributed by atoms with Crippen molar-refractivity contribution in [1.29, 1.82) is 0 Å². The van der Waals surface area contributed by atoms with Gasteiger partial charge in [-0.25, -0.2) is 17.2 Å². The molecule has 17 heavy (non-hydrogen) atoms. The molecule has 0 bridgehead atoms. The fourth-order valence-electron chi connectivity index (χ4n) is 1.08. The third-order valence-electron chi connectivity index (χ3n) is 1.78. The number of hydrogen-bond acceptors (Lipinski definition) is 4. The third-order valence-corrected chi connectivity index (χ3v) is 3.56. The lowest BCUT2D eigenvalue weighted by Crippen LogP contribution is -2.00. The summed E-state index contributed by atoms with van der Waals surface area (Å²) in [5, 5.41) is 9.91. The van der Waals surface area contributed by atoms with Gasteiger partial charge in [0, 0.05) is 16.7 Å². The van der Waals surface area contributed by atoms with E-state index in [9.17, 15) is 27.3 Å². The highest BCUT2D eigenvalue weighted by molar-refractivity contribution is 8.13. The minimum atomic E-state index is -4.34. The van der Waals surface area contributed by atoms with Crippen LogP contribution in [0.25, 0.3) is 0 Å². The number of nitro benzene ring substituents is 1. The summed E-state index contributed by atoms with van der Waals surface area (Å²) in [5.41, 5.74) is -2.02. The van der Waals surface area contributed by atoms with Crippen LogP contribution in [0.3, 0.4) is 0 Å². The number of benzene rings is 1. The van der Waals surface area contributed by atoms with Crippen molar-refractivity contribution in [2.24, 2.45) is 0 Å².